The molecule has 4 N–H and O–H groups in total. The lowest BCUT2D eigenvalue weighted by Gasteiger charge is -2.33. The van der Waals surface area contributed by atoms with E-state index in [-0.39, 0.29) is 22.2 Å². The third kappa shape index (κ3) is 6.01. The van der Waals surface area contributed by atoms with Gasteiger partial charge in [-0.15, -0.1) is 0 Å². The van der Waals surface area contributed by atoms with Gasteiger partial charge in [-0.25, -0.2) is 9.18 Å². The number of benzene rings is 1. The zero-order chi connectivity index (χ0) is 22.5. The molecule has 0 bridgehead atoms. The highest BCUT2D eigenvalue weighted by Crippen LogP contribution is 2.36. The molecule has 0 aliphatic heterocycles. The molecule has 2 amide bonds. The number of nitrogens with two attached hydrogens (primary N) is 1. The smallest absolute Gasteiger partial charge is 0.403 e. The molecule has 1 fully saturated rings. The van der Waals surface area contributed by atoms with E-state index < -0.39 is 29.1 Å². The molecule has 0 unspecified atom stereocenters. The molecule has 0 spiro atoms. The van der Waals surface area contributed by atoms with E-state index in [9.17, 15) is 22.4 Å². The van der Waals surface area contributed by atoms with Gasteiger partial charge in [-0.05, 0) is 55.2 Å². The average Bonchev–Trinajstić information content (AvgIpc) is 3.17. The van der Waals surface area contributed by atoms with Crippen molar-refractivity contribution in [2.75, 3.05) is 0 Å². The maximum absolute atomic E-state index is 14.1. The van der Waals surface area contributed by atoms with Crippen LogP contribution in [0.3, 0.4) is 0 Å². The largest absolute Gasteiger partial charge is 0.416 e. The molecule has 2 rings (SSSR count). The summed E-state index contributed by atoms with van der Waals surface area (Å²) in [5.41, 5.74) is 2.66. The van der Waals surface area contributed by atoms with Crippen molar-refractivity contribution in [2.24, 2.45) is 5.73 Å². The van der Waals surface area contributed by atoms with Crippen LogP contribution in [0.4, 0.5) is 22.4 Å². The number of amides is 2. The van der Waals surface area contributed by atoms with Gasteiger partial charge in [-0.2, -0.15) is 13.2 Å². The van der Waals surface area contributed by atoms with Crippen LogP contribution >= 0.6 is 11.6 Å². The van der Waals surface area contributed by atoms with Crippen LogP contribution in [-0.2, 0) is 11.7 Å². The van der Waals surface area contributed by atoms with Crippen molar-refractivity contribution in [3.8, 4) is 0 Å². The highest BCUT2D eigenvalue weighted by atomic mass is 35.5. The molecule has 1 aliphatic carbocycles. The van der Waals surface area contributed by atoms with Crippen LogP contribution in [-0.4, -0.2) is 12.1 Å². The Labute approximate surface area is 177 Å². The van der Waals surface area contributed by atoms with Gasteiger partial charge >= 0.3 is 12.2 Å². The number of nitrogens with one attached hydrogen (secondary N) is 2. The fraction of sp³-hybridized carbons (Fsp3) is 0.381. The summed E-state index contributed by atoms with van der Waals surface area (Å²) in [5, 5.41) is 5.62. The minimum atomic E-state index is -4.76. The van der Waals surface area contributed by atoms with E-state index in [1.165, 1.54) is 19.1 Å². The molecule has 1 saturated carbocycles. The molecule has 1 aromatic rings. The summed E-state index contributed by atoms with van der Waals surface area (Å²) in [6, 6.07) is 1.51. The number of carbonyl (C=O) groups is 1. The van der Waals surface area contributed by atoms with Gasteiger partial charge in [-0.1, -0.05) is 37.1 Å². The van der Waals surface area contributed by atoms with Gasteiger partial charge < -0.3 is 16.4 Å². The second kappa shape index (κ2) is 9.55. The molecule has 0 radical (unpaired) electrons. The monoisotopic (exact) mass is 445 g/mol. The van der Waals surface area contributed by atoms with Gasteiger partial charge in [0.05, 0.1) is 16.1 Å². The molecule has 0 saturated heterocycles. The molecule has 30 heavy (non-hydrogen) atoms. The molecule has 4 nitrogen and oxygen atoms in total. The Bertz CT molecular complexity index is 860. The molecular formula is C21H24ClF4N3O. The average molecular weight is 446 g/mol. The number of hydrogen-bond acceptors (Lipinski definition) is 2. The van der Waals surface area contributed by atoms with Crippen LogP contribution in [0.5, 0.6) is 0 Å². The summed E-state index contributed by atoms with van der Waals surface area (Å²) in [5.74, 6) is -1.08. The Balaban J connectivity index is 2.44. The lowest BCUT2D eigenvalue weighted by atomic mass is 9.83. The van der Waals surface area contributed by atoms with Crippen LogP contribution in [0.25, 0.3) is 0 Å². The topological polar surface area (TPSA) is 67.1 Å². The third-order valence-corrected chi connectivity index (χ3v) is 5.35. The van der Waals surface area contributed by atoms with E-state index in [1.54, 1.807) is 0 Å². The molecule has 1 aromatic carbocycles. The number of hydrogen-bond donors (Lipinski definition) is 3. The maximum Gasteiger partial charge on any atom is 0.416 e. The first-order chi connectivity index (χ1) is 14.0. The number of urea groups is 1. The molecule has 0 heterocycles. The van der Waals surface area contributed by atoms with Crippen LogP contribution in [0.15, 0.2) is 53.7 Å². The van der Waals surface area contributed by atoms with E-state index in [0.717, 1.165) is 44.0 Å². The Kier molecular flexibility index (Phi) is 7.58. The van der Waals surface area contributed by atoms with Crippen molar-refractivity contribution in [2.45, 2.75) is 50.4 Å². The minimum absolute atomic E-state index is 0.0223. The van der Waals surface area contributed by atoms with Crippen LogP contribution in [0.1, 0.15) is 43.7 Å². The Morgan fingerprint density at radius 2 is 1.80 bits per heavy atom. The SMILES string of the molecule is C=C(/C=C\C(Cl)=C/N)[C@](C)(NC(=O)NC1CCCC1)c1cc(F)cc(C(F)(F)F)c1. The molecular weight excluding hydrogens is 422 g/mol. The summed E-state index contributed by atoms with van der Waals surface area (Å²) in [7, 11) is 0. The zero-order valence-electron chi connectivity index (χ0n) is 16.5. The number of halogens is 5. The number of carbonyl (C=O) groups excluding carboxylic acids is 1. The van der Waals surface area contributed by atoms with Crippen LogP contribution < -0.4 is 16.4 Å². The van der Waals surface area contributed by atoms with Crippen molar-refractivity contribution in [3.05, 3.63) is 70.7 Å². The summed E-state index contributed by atoms with van der Waals surface area (Å²) in [6.45, 7) is 5.30. The number of allylic oxidation sites excluding steroid dienone is 2. The van der Waals surface area contributed by atoms with Crippen LogP contribution in [0.2, 0.25) is 0 Å². The van der Waals surface area contributed by atoms with Gasteiger partial charge in [-0.3, -0.25) is 0 Å². The van der Waals surface area contributed by atoms with Crippen molar-refractivity contribution in [1.82, 2.24) is 10.6 Å². The predicted molar refractivity (Wildman–Crippen MR) is 109 cm³/mol. The number of rotatable bonds is 6. The van der Waals surface area contributed by atoms with E-state index >= 15 is 0 Å². The second-order valence-corrected chi connectivity index (χ2v) is 7.78. The summed E-state index contributed by atoms with van der Waals surface area (Å²) >= 11 is 5.83. The fourth-order valence-corrected chi connectivity index (χ4v) is 3.36. The Morgan fingerprint density at radius 1 is 1.20 bits per heavy atom. The van der Waals surface area contributed by atoms with Gasteiger partial charge in [0.25, 0.3) is 0 Å². The Morgan fingerprint density at radius 3 is 2.37 bits per heavy atom. The zero-order valence-corrected chi connectivity index (χ0v) is 17.2. The standard InChI is InChI=1S/C21H24ClF4N3O/c1-13(7-8-16(22)12-27)20(2,29-19(30)28-18-5-3-4-6-18)14-9-15(21(24,25)26)11-17(23)10-14/h7-12,18H,1,3-6,27H2,2H3,(H2,28,29,30)/b8-7-,16-12+/t20-/m0/s1. The maximum atomic E-state index is 14.1. The van der Waals surface area contributed by atoms with Crippen LogP contribution in [0, 0.1) is 5.82 Å². The lowest BCUT2D eigenvalue weighted by Crippen LogP contribution is -2.51. The second-order valence-electron chi connectivity index (χ2n) is 7.34. The minimum Gasteiger partial charge on any atom is -0.403 e. The predicted octanol–water partition coefficient (Wildman–Crippen LogP) is 5.45. The van der Waals surface area contributed by atoms with Gasteiger partial charge in [0.15, 0.2) is 0 Å². The summed E-state index contributed by atoms with van der Waals surface area (Å²) < 4.78 is 53.7. The van der Waals surface area contributed by atoms with Gasteiger partial charge in [0.1, 0.15) is 5.82 Å². The van der Waals surface area contributed by atoms with Crippen molar-refractivity contribution < 1.29 is 22.4 Å². The normalized spacial score (nSPS) is 17.7. The van der Waals surface area contributed by atoms with Crippen molar-refractivity contribution in [1.29, 1.82) is 0 Å². The molecule has 1 atom stereocenters. The first-order valence-corrected chi connectivity index (χ1v) is 9.75. The summed E-state index contributed by atoms with van der Waals surface area (Å²) in [6.07, 6.45) is 2.75. The molecule has 1 aliphatic rings. The highest BCUT2D eigenvalue weighted by molar-refractivity contribution is 6.31. The first kappa shape index (κ1) is 23.8. The van der Waals surface area contributed by atoms with Crippen molar-refractivity contribution in [3.63, 3.8) is 0 Å². The third-order valence-electron chi connectivity index (χ3n) is 5.10. The van der Waals surface area contributed by atoms with E-state index in [1.807, 2.05) is 0 Å². The number of alkyl halides is 3. The summed E-state index contributed by atoms with van der Waals surface area (Å²) in [4.78, 5) is 12.6. The molecule has 0 aromatic heterocycles. The highest BCUT2D eigenvalue weighted by Gasteiger charge is 2.36. The van der Waals surface area contributed by atoms with E-state index in [0.29, 0.717) is 6.07 Å². The van der Waals surface area contributed by atoms with Gasteiger partial charge in [0, 0.05) is 12.2 Å². The van der Waals surface area contributed by atoms with E-state index in [4.69, 9.17) is 17.3 Å². The van der Waals surface area contributed by atoms with Gasteiger partial charge in [0.2, 0.25) is 0 Å². The quantitative estimate of drug-likeness (QED) is 0.402. The molecule has 164 valence electrons. The molecule has 9 heteroatoms. The first-order valence-electron chi connectivity index (χ1n) is 9.37. The fourth-order valence-electron chi connectivity index (χ4n) is 3.30. The van der Waals surface area contributed by atoms with Crippen molar-refractivity contribution >= 4 is 17.6 Å². The lowest BCUT2D eigenvalue weighted by molar-refractivity contribution is -0.137. The van der Waals surface area contributed by atoms with E-state index in [2.05, 4.69) is 17.2 Å². The Hall–Kier alpha value is -2.48.